The highest BCUT2D eigenvalue weighted by Gasteiger charge is 2.16. The third kappa shape index (κ3) is 4.91. The second-order valence-electron chi connectivity index (χ2n) is 5.39. The van der Waals surface area contributed by atoms with Gasteiger partial charge in [0.25, 0.3) is 0 Å². The van der Waals surface area contributed by atoms with Gasteiger partial charge in [-0.25, -0.2) is 13.1 Å². The molecule has 132 valence electrons. The Morgan fingerprint density at radius 2 is 1.88 bits per heavy atom. The van der Waals surface area contributed by atoms with Crippen molar-refractivity contribution in [2.75, 3.05) is 0 Å². The van der Waals surface area contributed by atoms with Gasteiger partial charge in [0, 0.05) is 26.2 Å². The first kappa shape index (κ1) is 18.6. The van der Waals surface area contributed by atoms with Crippen molar-refractivity contribution in [2.24, 2.45) is 0 Å². The van der Waals surface area contributed by atoms with Crippen LogP contribution in [-0.4, -0.2) is 13.5 Å². The first-order chi connectivity index (χ1) is 11.9. The Bertz CT molecular complexity index is 936. The topological polar surface area (TPSA) is 66.4 Å². The molecule has 4 nitrogen and oxygen atoms in total. The number of thiophene rings is 2. The largest absolute Gasteiger partial charge is 0.382 e. The quantitative estimate of drug-likeness (QED) is 0.611. The van der Waals surface area contributed by atoms with Crippen LogP contribution in [0, 0.1) is 0 Å². The Labute approximate surface area is 159 Å². The minimum atomic E-state index is -3.50. The number of halogens is 1. The summed E-state index contributed by atoms with van der Waals surface area (Å²) in [4.78, 5) is 2.50. The summed E-state index contributed by atoms with van der Waals surface area (Å²) in [6.45, 7) is 0.189. The van der Waals surface area contributed by atoms with Gasteiger partial charge >= 0.3 is 0 Å². The number of aliphatic hydroxyl groups excluding tert-OH is 1. The van der Waals surface area contributed by atoms with Gasteiger partial charge < -0.3 is 5.11 Å². The van der Waals surface area contributed by atoms with Gasteiger partial charge in [0.1, 0.15) is 6.10 Å². The summed E-state index contributed by atoms with van der Waals surface area (Å²) in [7, 11) is -3.50. The fourth-order valence-electron chi connectivity index (χ4n) is 2.28. The molecule has 1 aromatic carbocycles. The molecule has 0 aliphatic rings. The summed E-state index contributed by atoms with van der Waals surface area (Å²) in [5.41, 5.74) is 0.566. The van der Waals surface area contributed by atoms with Crippen LogP contribution in [0.4, 0.5) is 0 Å². The Hall–Kier alpha value is -1.22. The molecular formula is C17H16ClNO3S3. The van der Waals surface area contributed by atoms with Crippen molar-refractivity contribution in [3.63, 3.8) is 0 Å². The van der Waals surface area contributed by atoms with Gasteiger partial charge in [-0.3, -0.25) is 0 Å². The maximum atomic E-state index is 12.2. The van der Waals surface area contributed by atoms with Crippen LogP contribution in [0.15, 0.2) is 53.9 Å². The molecule has 0 bridgehead atoms. The van der Waals surface area contributed by atoms with Crippen LogP contribution in [0.25, 0.3) is 0 Å². The van der Waals surface area contributed by atoms with Gasteiger partial charge in [0.05, 0.1) is 5.75 Å². The Kier molecular flexibility index (Phi) is 5.93. The summed E-state index contributed by atoms with van der Waals surface area (Å²) >= 11 is 8.90. The van der Waals surface area contributed by atoms with E-state index in [1.165, 1.54) is 22.7 Å². The lowest BCUT2D eigenvalue weighted by Gasteiger charge is -2.07. The molecule has 3 aromatic rings. The number of hydrogen-bond donors (Lipinski definition) is 2. The van der Waals surface area contributed by atoms with E-state index < -0.39 is 16.1 Å². The standard InChI is InChI=1S/C17H16ClNO3S3/c18-14-5-2-1-4-12(14)11-25(21,22)19-10-13-7-8-16(24-13)17(20)15-6-3-9-23-15/h1-9,17,19-20H,10-11H2. The molecule has 2 heterocycles. The molecule has 0 aliphatic carbocycles. The average molecular weight is 414 g/mol. The summed E-state index contributed by atoms with van der Waals surface area (Å²) in [6, 6.07) is 14.3. The summed E-state index contributed by atoms with van der Waals surface area (Å²) in [5, 5.41) is 12.7. The zero-order valence-corrected chi connectivity index (χ0v) is 16.3. The number of benzene rings is 1. The van der Waals surface area contributed by atoms with Gasteiger partial charge in [-0.15, -0.1) is 22.7 Å². The van der Waals surface area contributed by atoms with E-state index in [4.69, 9.17) is 11.6 Å². The predicted octanol–water partition coefficient (Wildman–Crippen LogP) is 4.16. The maximum absolute atomic E-state index is 12.2. The molecule has 0 saturated carbocycles. The summed E-state index contributed by atoms with van der Waals surface area (Å²) < 4.78 is 27.1. The second kappa shape index (κ2) is 7.99. The van der Waals surface area contributed by atoms with Crippen molar-refractivity contribution in [2.45, 2.75) is 18.4 Å². The molecule has 2 N–H and O–H groups in total. The van der Waals surface area contributed by atoms with E-state index in [-0.39, 0.29) is 12.3 Å². The predicted molar refractivity (Wildman–Crippen MR) is 104 cm³/mol. The van der Waals surface area contributed by atoms with E-state index in [0.717, 1.165) is 14.6 Å². The third-order valence-corrected chi connectivity index (χ3v) is 7.24. The first-order valence-electron chi connectivity index (χ1n) is 7.45. The lowest BCUT2D eigenvalue weighted by Crippen LogP contribution is -2.24. The van der Waals surface area contributed by atoms with Crippen LogP contribution >= 0.6 is 34.3 Å². The smallest absolute Gasteiger partial charge is 0.216 e. The summed E-state index contributed by atoms with van der Waals surface area (Å²) in [5.74, 6) is -0.164. The number of hydrogen-bond acceptors (Lipinski definition) is 5. The van der Waals surface area contributed by atoms with E-state index in [2.05, 4.69) is 4.72 Å². The Morgan fingerprint density at radius 1 is 1.08 bits per heavy atom. The normalized spacial score (nSPS) is 13.0. The maximum Gasteiger partial charge on any atom is 0.216 e. The first-order valence-corrected chi connectivity index (χ1v) is 11.2. The molecule has 0 radical (unpaired) electrons. The second-order valence-corrected chi connectivity index (χ2v) is 9.79. The Morgan fingerprint density at radius 3 is 2.60 bits per heavy atom. The zero-order valence-electron chi connectivity index (χ0n) is 13.1. The molecule has 0 saturated heterocycles. The molecule has 1 atom stereocenters. The molecule has 0 amide bonds. The van der Waals surface area contributed by atoms with Crippen LogP contribution in [0.3, 0.4) is 0 Å². The van der Waals surface area contributed by atoms with Crippen LogP contribution in [0.1, 0.15) is 26.3 Å². The molecule has 0 spiro atoms. The lowest BCUT2D eigenvalue weighted by atomic mass is 10.2. The van der Waals surface area contributed by atoms with Crippen LogP contribution in [0.5, 0.6) is 0 Å². The third-order valence-electron chi connectivity index (χ3n) is 3.53. The number of rotatable bonds is 7. The van der Waals surface area contributed by atoms with Gasteiger partial charge in [0.15, 0.2) is 0 Å². The zero-order chi connectivity index (χ0) is 17.9. The van der Waals surface area contributed by atoms with E-state index in [9.17, 15) is 13.5 Å². The van der Waals surface area contributed by atoms with Crippen LogP contribution in [-0.2, 0) is 22.3 Å². The molecule has 1 unspecified atom stereocenters. The van der Waals surface area contributed by atoms with Gasteiger partial charge in [-0.05, 0) is 35.2 Å². The molecule has 3 rings (SSSR count). The lowest BCUT2D eigenvalue weighted by molar-refractivity contribution is 0.228. The van der Waals surface area contributed by atoms with Crippen molar-refractivity contribution in [1.29, 1.82) is 0 Å². The van der Waals surface area contributed by atoms with E-state index in [1.54, 1.807) is 24.3 Å². The van der Waals surface area contributed by atoms with Crippen molar-refractivity contribution >= 4 is 44.3 Å². The number of aliphatic hydroxyl groups is 1. The van der Waals surface area contributed by atoms with Gasteiger partial charge in [-0.2, -0.15) is 0 Å². The fraction of sp³-hybridized carbons (Fsp3) is 0.176. The monoisotopic (exact) mass is 413 g/mol. The van der Waals surface area contributed by atoms with Crippen molar-refractivity contribution in [3.05, 3.63) is 79.1 Å². The van der Waals surface area contributed by atoms with Gasteiger partial charge in [-0.1, -0.05) is 35.9 Å². The Balaban J connectivity index is 1.63. The van der Waals surface area contributed by atoms with Crippen molar-refractivity contribution in [3.8, 4) is 0 Å². The summed E-state index contributed by atoms with van der Waals surface area (Å²) in [6.07, 6.45) is -0.668. The van der Waals surface area contributed by atoms with Crippen molar-refractivity contribution < 1.29 is 13.5 Å². The van der Waals surface area contributed by atoms with E-state index >= 15 is 0 Å². The van der Waals surface area contributed by atoms with Crippen molar-refractivity contribution in [1.82, 2.24) is 4.72 Å². The number of sulfonamides is 1. The molecule has 2 aromatic heterocycles. The number of nitrogens with one attached hydrogen (secondary N) is 1. The van der Waals surface area contributed by atoms with Crippen LogP contribution < -0.4 is 4.72 Å². The highest BCUT2D eigenvalue weighted by atomic mass is 35.5. The minimum absolute atomic E-state index is 0.164. The average Bonchev–Trinajstić information content (AvgIpc) is 3.26. The highest BCUT2D eigenvalue weighted by molar-refractivity contribution is 7.88. The molecule has 8 heteroatoms. The molecule has 0 aliphatic heterocycles. The van der Waals surface area contributed by atoms with Gasteiger partial charge in [0.2, 0.25) is 10.0 Å². The minimum Gasteiger partial charge on any atom is -0.382 e. The highest BCUT2D eigenvalue weighted by Crippen LogP contribution is 2.31. The molecule has 25 heavy (non-hydrogen) atoms. The molecular weight excluding hydrogens is 398 g/mol. The molecule has 0 fully saturated rings. The van der Waals surface area contributed by atoms with E-state index in [1.807, 2.05) is 29.6 Å². The van der Waals surface area contributed by atoms with E-state index in [0.29, 0.717) is 10.6 Å². The van der Waals surface area contributed by atoms with Crippen LogP contribution in [0.2, 0.25) is 5.02 Å². The SMILES string of the molecule is O=S(=O)(Cc1ccccc1Cl)NCc1ccc(C(O)c2cccs2)s1. The fourth-order valence-corrected chi connectivity index (χ4v) is 5.55.